The summed E-state index contributed by atoms with van der Waals surface area (Å²) in [7, 11) is -3.63. The summed E-state index contributed by atoms with van der Waals surface area (Å²) in [5.74, 6) is -1.04. The van der Waals surface area contributed by atoms with Gasteiger partial charge in [-0.15, -0.1) is 0 Å². The molecule has 6 rings (SSSR count). The number of carbonyl (C=O) groups excluding carboxylic acids is 2. The number of likely N-dealkylation sites (N-methyl/N-ethyl adjacent to an activating group) is 2. The van der Waals surface area contributed by atoms with Gasteiger partial charge in [0, 0.05) is 97.1 Å². The van der Waals surface area contributed by atoms with E-state index in [0.29, 0.717) is 46.3 Å². The molecular formula is C52H68Cl4N6O12S2. The van der Waals surface area contributed by atoms with Crippen LogP contribution in [0.25, 0.3) is 0 Å². The van der Waals surface area contributed by atoms with Crippen molar-refractivity contribution in [3.05, 3.63) is 126 Å². The molecule has 0 spiro atoms. The van der Waals surface area contributed by atoms with Crippen LogP contribution in [-0.4, -0.2) is 176 Å². The lowest BCUT2D eigenvalue weighted by atomic mass is 9.85. The summed E-state index contributed by atoms with van der Waals surface area (Å²) < 4.78 is 91.7. The number of fused-ring (bicyclic) bond motifs is 2. The number of rotatable bonds is 33. The Kier molecular flexibility index (Phi) is 24.9. The molecule has 2 aliphatic heterocycles. The lowest BCUT2D eigenvalue weighted by molar-refractivity contribution is -0.134. The number of nitrogens with two attached hydrogens (primary N) is 1. The molecule has 0 saturated heterocycles. The monoisotopic (exact) mass is 1170 g/mol. The zero-order valence-electron chi connectivity index (χ0n) is 42.8. The maximum Gasteiger partial charge on any atom is 0.240 e. The Morgan fingerprint density at radius 3 is 1.34 bits per heavy atom. The average molecular weight is 1180 g/mol. The highest BCUT2D eigenvalue weighted by Crippen LogP contribution is 2.40. The lowest BCUT2D eigenvalue weighted by Gasteiger charge is -2.33. The molecule has 0 bridgehead atoms. The summed E-state index contributed by atoms with van der Waals surface area (Å²) in [6, 6.07) is 21.0. The molecule has 76 heavy (non-hydrogen) atoms. The molecule has 418 valence electrons. The smallest absolute Gasteiger partial charge is 0.240 e. The standard InChI is InChI=1S/C52H68Cl4N6O12S2/c1-60-33-45(43-29-39(53)31-49(55)47(43)35-60)37-5-3-7-41(27-37)75(65,66)58-11-15-69-19-23-73-25-21-71-17-13-62(52(64)10-9-51(57)63)14-18-72-22-26-74-24-20-70-16-12-59-76(67,68)42-8-4-6-38(28-42)46-34-61(2)36-48-44(46)30-40(54)32-50(48)56/h3-8,27-32,45-46,58-59H,9-26,33-36H2,1-2H3,(H2,57,63). The van der Waals surface area contributed by atoms with E-state index in [4.69, 9.17) is 80.6 Å². The van der Waals surface area contributed by atoms with Crippen molar-refractivity contribution in [2.75, 3.05) is 133 Å². The molecule has 2 atom stereocenters. The number of hydrogen-bond donors (Lipinski definition) is 3. The van der Waals surface area contributed by atoms with Crippen molar-refractivity contribution < 1.29 is 54.8 Å². The molecule has 2 aliphatic rings. The van der Waals surface area contributed by atoms with Crippen molar-refractivity contribution in [1.29, 1.82) is 0 Å². The first-order valence-corrected chi connectivity index (χ1v) is 29.4. The second-order valence-corrected chi connectivity index (χ2v) is 23.6. The van der Waals surface area contributed by atoms with Crippen LogP contribution in [0.1, 0.15) is 58.1 Å². The highest BCUT2D eigenvalue weighted by Gasteiger charge is 2.30. The Balaban J connectivity index is 0.782. The maximum atomic E-state index is 13.2. The first-order chi connectivity index (χ1) is 36.4. The predicted molar refractivity (Wildman–Crippen MR) is 292 cm³/mol. The molecule has 0 radical (unpaired) electrons. The second kappa shape index (κ2) is 30.7. The maximum absolute atomic E-state index is 13.2. The van der Waals surface area contributed by atoms with Crippen molar-refractivity contribution in [3.63, 3.8) is 0 Å². The number of sulfonamides is 2. The van der Waals surface area contributed by atoms with Crippen molar-refractivity contribution in [3.8, 4) is 0 Å². The predicted octanol–water partition coefficient (Wildman–Crippen LogP) is 5.91. The Bertz CT molecular complexity index is 2610. The Hall–Kier alpha value is -3.52. The van der Waals surface area contributed by atoms with Crippen LogP contribution in [0.5, 0.6) is 0 Å². The molecule has 2 unspecified atom stereocenters. The van der Waals surface area contributed by atoms with Gasteiger partial charge in [0.25, 0.3) is 0 Å². The van der Waals surface area contributed by atoms with Gasteiger partial charge in [-0.3, -0.25) is 9.59 Å². The first-order valence-electron chi connectivity index (χ1n) is 25.0. The van der Waals surface area contributed by atoms with E-state index in [1.54, 1.807) is 53.4 Å². The van der Waals surface area contributed by atoms with Crippen LogP contribution >= 0.6 is 46.4 Å². The number of primary amides is 1. The molecule has 18 nitrogen and oxygen atoms in total. The van der Waals surface area contributed by atoms with Crippen LogP contribution in [0.3, 0.4) is 0 Å². The summed E-state index contributed by atoms with van der Waals surface area (Å²) in [6.07, 6.45) is -0.116. The van der Waals surface area contributed by atoms with Gasteiger partial charge >= 0.3 is 0 Å². The van der Waals surface area contributed by atoms with Gasteiger partial charge < -0.3 is 48.9 Å². The van der Waals surface area contributed by atoms with E-state index in [2.05, 4.69) is 19.2 Å². The number of nitrogens with zero attached hydrogens (tertiary/aromatic N) is 3. The van der Waals surface area contributed by atoms with Gasteiger partial charge in [0.15, 0.2) is 0 Å². The topological polar surface area (TPSA) is 218 Å². The number of hydrogen-bond acceptors (Lipinski definition) is 14. The molecule has 24 heteroatoms. The molecule has 2 heterocycles. The normalized spacial score (nSPS) is 16.1. The van der Waals surface area contributed by atoms with Crippen LogP contribution in [0.2, 0.25) is 20.1 Å². The van der Waals surface area contributed by atoms with Crippen molar-refractivity contribution >= 4 is 78.3 Å². The Morgan fingerprint density at radius 1 is 0.566 bits per heavy atom. The second-order valence-electron chi connectivity index (χ2n) is 18.4. The third-order valence-corrected chi connectivity index (χ3v) is 16.7. The third kappa shape index (κ3) is 19.1. The average Bonchev–Trinajstić information content (AvgIpc) is 3.40. The first kappa shape index (κ1) is 61.7. The minimum absolute atomic E-state index is 0.0369. The van der Waals surface area contributed by atoms with Crippen LogP contribution in [0.4, 0.5) is 0 Å². The van der Waals surface area contributed by atoms with E-state index in [-0.39, 0.29) is 146 Å². The van der Waals surface area contributed by atoms with E-state index >= 15 is 0 Å². The summed E-state index contributed by atoms with van der Waals surface area (Å²) in [6.45, 7) is 6.15. The zero-order valence-corrected chi connectivity index (χ0v) is 47.4. The van der Waals surface area contributed by atoms with Crippen LogP contribution in [-0.2, 0) is 71.1 Å². The SMILES string of the molecule is CN1Cc2c(Cl)cc(Cl)cc2C(c2cccc(S(=O)(=O)NCCOCCOCCOCCN(CCOCCOCCOCCNS(=O)(=O)c3cccc(C4CN(C)Cc5c(Cl)cc(Cl)cc54)c3)C(=O)CCC(N)=O)c2)C1. The van der Waals surface area contributed by atoms with Gasteiger partial charge in [0.05, 0.1) is 89.1 Å². The van der Waals surface area contributed by atoms with Crippen LogP contribution in [0.15, 0.2) is 82.6 Å². The molecule has 0 aliphatic carbocycles. The fourth-order valence-corrected chi connectivity index (χ4v) is 12.2. The van der Waals surface area contributed by atoms with Crippen molar-refractivity contribution in [2.45, 2.75) is 47.6 Å². The molecule has 0 saturated carbocycles. The number of amides is 2. The molecule has 4 aromatic carbocycles. The highest BCUT2D eigenvalue weighted by atomic mass is 35.5. The minimum atomic E-state index is -3.81. The van der Waals surface area contributed by atoms with Gasteiger partial charge in [-0.2, -0.15) is 0 Å². The van der Waals surface area contributed by atoms with E-state index in [0.717, 1.165) is 33.4 Å². The number of nitrogens with one attached hydrogen (secondary N) is 2. The number of benzene rings is 4. The molecular weight excluding hydrogens is 1110 g/mol. The quantitative estimate of drug-likeness (QED) is 0.0474. The molecule has 0 aromatic heterocycles. The van der Waals surface area contributed by atoms with Gasteiger partial charge in [-0.1, -0.05) is 70.7 Å². The largest absolute Gasteiger partial charge is 0.378 e. The fraction of sp³-hybridized carbons (Fsp3) is 0.500. The van der Waals surface area contributed by atoms with E-state index in [9.17, 15) is 26.4 Å². The van der Waals surface area contributed by atoms with Crippen molar-refractivity contribution in [2.24, 2.45) is 5.73 Å². The zero-order chi connectivity index (χ0) is 54.7. The molecule has 4 aromatic rings. The van der Waals surface area contributed by atoms with Gasteiger partial charge in [-0.25, -0.2) is 26.3 Å². The third-order valence-electron chi connectivity index (χ3n) is 12.6. The number of ether oxygens (including phenoxy) is 6. The lowest BCUT2D eigenvalue weighted by Crippen LogP contribution is -2.37. The van der Waals surface area contributed by atoms with Crippen LogP contribution in [0, 0.1) is 0 Å². The van der Waals surface area contributed by atoms with Gasteiger partial charge in [-0.05, 0) is 96.0 Å². The van der Waals surface area contributed by atoms with Crippen molar-refractivity contribution in [1.82, 2.24) is 24.1 Å². The van der Waals surface area contributed by atoms with Gasteiger partial charge in [0.1, 0.15) is 0 Å². The Morgan fingerprint density at radius 2 is 0.947 bits per heavy atom. The Labute approximate surface area is 466 Å². The van der Waals surface area contributed by atoms with Crippen LogP contribution < -0.4 is 15.2 Å². The summed E-state index contributed by atoms with van der Waals surface area (Å²) >= 11 is 25.7. The number of halogens is 4. The molecule has 0 fully saturated rings. The summed E-state index contributed by atoms with van der Waals surface area (Å²) in [5, 5.41) is 2.25. The summed E-state index contributed by atoms with van der Waals surface area (Å²) in [4.78, 5) is 30.3. The molecule has 4 N–H and O–H groups in total. The molecule has 2 amide bonds. The van der Waals surface area contributed by atoms with E-state index < -0.39 is 26.0 Å². The minimum Gasteiger partial charge on any atom is -0.378 e. The highest BCUT2D eigenvalue weighted by molar-refractivity contribution is 7.89. The fourth-order valence-electron chi connectivity index (χ4n) is 8.90. The number of carbonyl (C=O) groups is 2. The summed E-state index contributed by atoms with van der Waals surface area (Å²) in [5.41, 5.74) is 10.9. The van der Waals surface area contributed by atoms with Gasteiger partial charge in [0.2, 0.25) is 31.9 Å². The van der Waals surface area contributed by atoms with E-state index in [1.807, 2.05) is 38.4 Å². The van der Waals surface area contributed by atoms with E-state index in [1.165, 1.54) is 0 Å².